The van der Waals surface area contributed by atoms with E-state index in [2.05, 4.69) is 40.7 Å². The first-order valence-electron chi connectivity index (χ1n) is 9.32. The summed E-state index contributed by atoms with van der Waals surface area (Å²) in [6.07, 6.45) is 3.23. The van der Waals surface area contributed by atoms with Gasteiger partial charge in [0.2, 0.25) is 0 Å². The summed E-state index contributed by atoms with van der Waals surface area (Å²) >= 11 is -1.22. The average molecular weight is 403 g/mol. The summed E-state index contributed by atoms with van der Waals surface area (Å²) in [5.74, 6) is 0. The van der Waals surface area contributed by atoms with Crippen LogP contribution in [0.5, 0.6) is 0 Å². The molecule has 1 atom stereocenters. The first-order chi connectivity index (χ1) is 13.5. The van der Waals surface area contributed by atoms with Gasteiger partial charge in [0.1, 0.15) is 0 Å². The normalized spacial score (nSPS) is 15.1. The van der Waals surface area contributed by atoms with Crippen molar-refractivity contribution in [3.8, 4) is 0 Å². The maximum atomic E-state index is 13.2. The largest absolute Gasteiger partial charge is 0.505 e. The zero-order valence-corrected chi connectivity index (χ0v) is 17.7. The number of aromatic nitrogens is 1. The minimum atomic E-state index is -1.22. The van der Waals surface area contributed by atoms with Crippen LogP contribution in [-0.2, 0) is 22.5 Å². The third-order valence-corrected chi connectivity index (χ3v) is 5.74. The smallest absolute Gasteiger partial charge is 0.199 e. The predicted octanol–water partition coefficient (Wildman–Crippen LogP) is 2.97. The lowest BCUT2D eigenvalue weighted by Crippen LogP contribution is -2.48. The number of hydrogen-bond donors (Lipinski definition) is 1. The zero-order chi connectivity index (χ0) is 20.4. The standard InChI is InChI=1S/C18H24N4OS.C3H6O/c1-15-4-3-5-18(12-15)22(14-17-7-6-16(2)13-20-17)24(23)21-10-8-19-9-11-21;1-3-4-2/h3-7,12-13,19H,8-11,14H2,1-2H3;3H,1H2,2H3. The van der Waals surface area contributed by atoms with E-state index in [0.29, 0.717) is 6.54 Å². The first-order valence-corrected chi connectivity index (χ1v) is 10.4. The first kappa shape index (κ1) is 22.1. The lowest BCUT2D eigenvalue weighted by atomic mass is 10.2. The van der Waals surface area contributed by atoms with Gasteiger partial charge in [-0.05, 0) is 43.2 Å². The highest BCUT2D eigenvalue weighted by atomic mass is 32.2. The molecule has 2 heterocycles. The number of nitrogens with zero attached hydrogens (tertiary/aromatic N) is 3. The van der Waals surface area contributed by atoms with Gasteiger partial charge in [0.05, 0.1) is 31.3 Å². The monoisotopic (exact) mass is 402 g/mol. The molecule has 28 heavy (non-hydrogen) atoms. The Balaban J connectivity index is 0.000000640. The SMILES string of the molecule is C=COC.Cc1ccc(CN(c2cccc(C)c2)S(=O)N2CCNCC2)nc1. The zero-order valence-electron chi connectivity index (χ0n) is 16.9. The highest BCUT2D eigenvalue weighted by molar-refractivity contribution is 7.84. The van der Waals surface area contributed by atoms with Gasteiger partial charge in [0.15, 0.2) is 11.2 Å². The van der Waals surface area contributed by atoms with E-state index in [-0.39, 0.29) is 0 Å². The van der Waals surface area contributed by atoms with Crippen LogP contribution in [0.2, 0.25) is 0 Å². The van der Waals surface area contributed by atoms with Crippen molar-refractivity contribution >= 4 is 16.9 Å². The molecule has 1 unspecified atom stereocenters. The molecule has 6 nitrogen and oxygen atoms in total. The molecule has 3 rings (SSSR count). The highest BCUT2D eigenvalue weighted by Crippen LogP contribution is 2.22. The fraction of sp³-hybridized carbons (Fsp3) is 0.381. The number of anilines is 1. The summed E-state index contributed by atoms with van der Waals surface area (Å²) in [6.45, 7) is 11.2. The van der Waals surface area contributed by atoms with Crippen LogP contribution in [0.4, 0.5) is 5.69 Å². The topological polar surface area (TPSA) is 57.7 Å². The Bertz CT molecular complexity index is 761. The van der Waals surface area contributed by atoms with E-state index in [1.54, 1.807) is 7.11 Å². The minimum Gasteiger partial charge on any atom is -0.505 e. The molecule has 152 valence electrons. The molecular weight excluding hydrogens is 372 g/mol. The third kappa shape index (κ3) is 6.74. The predicted molar refractivity (Wildman–Crippen MR) is 116 cm³/mol. The molecule has 1 N–H and O–H groups in total. The van der Waals surface area contributed by atoms with Gasteiger partial charge >= 0.3 is 0 Å². The molecule has 1 aliphatic heterocycles. The van der Waals surface area contributed by atoms with Crippen molar-refractivity contribution in [3.05, 3.63) is 72.3 Å². The number of piperazine rings is 1. The summed E-state index contributed by atoms with van der Waals surface area (Å²) < 4.78 is 21.5. The molecule has 1 saturated heterocycles. The van der Waals surface area contributed by atoms with Crippen LogP contribution in [0.15, 0.2) is 55.4 Å². The van der Waals surface area contributed by atoms with Crippen molar-refractivity contribution in [2.45, 2.75) is 20.4 Å². The van der Waals surface area contributed by atoms with Crippen molar-refractivity contribution in [2.24, 2.45) is 0 Å². The van der Waals surface area contributed by atoms with E-state index in [9.17, 15) is 4.21 Å². The van der Waals surface area contributed by atoms with Gasteiger partial charge in [-0.1, -0.05) is 24.8 Å². The molecule has 0 amide bonds. The lowest BCUT2D eigenvalue weighted by Gasteiger charge is -2.32. The van der Waals surface area contributed by atoms with Crippen LogP contribution in [0.3, 0.4) is 0 Å². The van der Waals surface area contributed by atoms with E-state index in [1.807, 2.05) is 46.0 Å². The van der Waals surface area contributed by atoms with E-state index >= 15 is 0 Å². The van der Waals surface area contributed by atoms with Gasteiger partial charge in [0, 0.05) is 32.4 Å². The van der Waals surface area contributed by atoms with Crippen LogP contribution in [0, 0.1) is 13.8 Å². The number of nitrogens with one attached hydrogen (secondary N) is 1. The Morgan fingerprint density at radius 1 is 1.25 bits per heavy atom. The number of rotatable bonds is 6. The van der Waals surface area contributed by atoms with Crippen molar-refractivity contribution in [2.75, 3.05) is 37.6 Å². The number of hydrogen-bond acceptors (Lipinski definition) is 4. The van der Waals surface area contributed by atoms with E-state index < -0.39 is 11.2 Å². The lowest BCUT2D eigenvalue weighted by molar-refractivity contribution is 0.339. The average Bonchev–Trinajstić information content (AvgIpc) is 2.73. The molecule has 0 aliphatic carbocycles. The molecule has 1 fully saturated rings. The summed E-state index contributed by atoms with van der Waals surface area (Å²) in [6, 6.07) is 12.2. The van der Waals surface area contributed by atoms with Crippen LogP contribution >= 0.6 is 0 Å². The number of benzene rings is 1. The Morgan fingerprint density at radius 3 is 2.54 bits per heavy atom. The van der Waals surface area contributed by atoms with Gasteiger partial charge in [-0.25, -0.2) is 8.51 Å². The quantitative estimate of drug-likeness (QED) is 0.755. The van der Waals surface area contributed by atoms with E-state index in [4.69, 9.17) is 0 Å². The number of ether oxygens (including phenoxy) is 1. The fourth-order valence-electron chi connectivity index (χ4n) is 2.70. The van der Waals surface area contributed by atoms with Crippen molar-refractivity contribution in [1.82, 2.24) is 14.6 Å². The Kier molecular flexibility index (Phi) is 9.13. The Morgan fingerprint density at radius 2 is 1.96 bits per heavy atom. The molecule has 0 radical (unpaired) electrons. The maximum absolute atomic E-state index is 13.2. The molecule has 0 spiro atoms. The molecule has 0 saturated carbocycles. The van der Waals surface area contributed by atoms with Gasteiger partial charge in [-0.2, -0.15) is 0 Å². The molecule has 0 bridgehead atoms. The van der Waals surface area contributed by atoms with Crippen LogP contribution in [0.25, 0.3) is 0 Å². The van der Waals surface area contributed by atoms with E-state index in [0.717, 1.165) is 48.7 Å². The molecular formula is C21H30N4O2S. The van der Waals surface area contributed by atoms with Crippen LogP contribution < -0.4 is 9.62 Å². The number of pyridine rings is 1. The van der Waals surface area contributed by atoms with Gasteiger partial charge in [0.25, 0.3) is 0 Å². The third-order valence-electron chi connectivity index (χ3n) is 4.22. The van der Waals surface area contributed by atoms with E-state index in [1.165, 1.54) is 6.26 Å². The fourth-order valence-corrected chi connectivity index (χ4v) is 4.01. The van der Waals surface area contributed by atoms with Gasteiger partial charge in [-0.15, -0.1) is 0 Å². The Hall–Kier alpha value is -2.22. The van der Waals surface area contributed by atoms with Gasteiger partial charge in [-0.3, -0.25) is 9.29 Å². The molecule has 1 aromatic carbocycles. The second-order valence-electron chi connectivity index (χ2n) is 6.51. The summed E-state index contributed by atoms with van der Waals surface area (Å²) in [7, 11) is 1.56. The van der Waals surface area contributed by atoms with Crippen molar-refractivity contribution in [3.63, 3.8) is 0 Å². The molecule has 7 heteroatoms. The van der Waals surface area contributed by atoms with Crippen molar-refractivity contribution < 1.29 is 8.95 Å². The summed E-state index contributed by atoms with van der Waals surface area (Å²) in [4.78, 5) is 4.49. The summed E-state index contributed by atoms with van der Waals surface area (Å²) in [5.41, 5.74) is 4.18. The number of methoxy groups -OCH3 is 1. The summed E-state index contributed by atoms with van der Waals surface area (Å²) in [5, 5.41) is 3.31. The number of aryl methyl sites for hydroxylation is 2. The molecule has 1 aliphatic rings. The molecule has 2 aromatic rings. The second kappa shape index (κ2) is 11.6. The second-order valence-corrected chi connectivity index (χ2v) is 7.93. The Labute approximate surface area is 170 Å². The minimum absolute atomic E-state index is 0.528. The highest BCUT2D eigenvalue weighted by Gasteiger charge is 2.23. The van der Waals surface area contributed by atoms with Crippen molar-refractivity contribution in [1.29, 1.82) is 0 Å². The van der Waals surface area contributed by atoms with Crippen LogP contribution in [-0.4, -0.2) is 46.8 Å². The van der Waals surface area contributed by atoms with Gasteiger partial charge < -0.3 is 10.1 Å². The maximum Gasteiger partial charge on any atom is 0.199 e. The van der Waals surface area contributed by atoms with Crippen LogP contribution in [0.1, 0.15) is 16.8 Å². The molecule has 1 aromatic heterocycles.